The predicted octanol–water partition coefficient (Wildman–Crippen LogP) is 5.14. The van der Waals surface area contributed by atoms with Gasteiger partial charge in [-0.3, -0.25) is 0 Å². The molecule has 4 aromatic rings. The summed E-state index contributed by atoms with van der Waals surface area (Å²) in [5.74, 6) is -4.99. The molecule has 194 valence electrons. The molecule has 37 heavy (non-hydrogen) atoms. The maximum Gasteiger partial charge on any atom is 0.419 e. The maximum atomic E-state index is 14.7. The summed E-state index contributed by atoms with van der Waals surface area (Å²) in [6.07, 6.45) is -1.76. The fourth-order valence-corrected chi connectivity index (χ4v) is 4.80. The number of benzene rings is 2. The summed E-state index contributed by atoms with van der Waals surface area (Å²) in [6, 6.07) is 10.6. The van der Waals surface area contributed by atoms with E-state index >= 15 is 0 Å². The molecule has 1 saturated heterocycles. The van der Waals surface area contributed by atoms with Crippen LogP contribution < -0.4 is 9.80 Å². The van der Waals surface area contributed by atoms with Crippen LogP contribution in [-0.2, 0) is 13.2 Å². The van der Waals surface area contributed by atoms with E-state index in [0.717, 1.165) is 25.1 Å². The van der Waals surface area contributed by atoms with E-state index in [9.17, 15) is 27.1 Å². The van der Waals surface area contributed by atoms with Gasteiger partial charge in [-0.1, -0.05) is 18.2 Å². The van der Waals surface area contributed by atoms with Gasteiger partial charge in [0.1, 0.15) is 5.69 Å². The fourth-order valence-electron chi connectivity index (χ4n) is 4.80. The van der Waals surface area contributed by atoms with Crippen molar-refractivity contribution in [3.63, 3.8) is 0 Å². The van der Waals surface area contributed by atoms with Gasteiger partial charge in [0.05, 0.1) is 10.9 Å². The van der Waals surface area contributed by atoms with Crippen molar-refractivity contribution in [3.8, 4) is 17.0 Å². The van der Waals surface area contributed by atoms with E-state index in [-0.39, 0.29) is 22.8 Å². The molecule has 1 N–H and O–H groups in total. The molecule has 7 nitrogen and oxygen atoms in total. The number of aromatic hydroxyl groups is 1. The number of anilines is 2. The molecular formula is C25H23F5N6O. The third-order valence-corrected chi connectivity index (χ3v) is 6.60. The number of para-hydroxylation sites is 1. The first-order valence-corrected chi connectivity index (χ1v) is 11.6. The number of hydrogen-bond acceptors (Lipinski definition) is 6. The lowest BCUT2D eigenvalue weighted by molar-refractivity contribution is -0.140. The van der Waals surface area contributed by atoms with E-state index in [4.69, 9.17) is 0 Å². The van der Waals surface area contributed by atoms with Gasteiger partial charge in [0.25, 0.3) is 0 Å². The van der Waals surface area contributed by atoms with E-state index in [1.165, 1.54) is 17.9 Å². The van der Waals surface area contributed by atoms with Crippen LogP contribution in [0.5, 0.6) is 5.75 Å². The molecule has 0 unspecified atom stereocenters. The summed E-state index contributed by atoms with van der Waals surface area (Å²) in [4.78, 5) is 13.1. The fraction of sp³-hybridized carbons (Fsp3) is 0.320. The second-order valence-corrected chi connectivity index (χ2v) is 9.03. The van der Waals surface area contributed by atoms with Crippen molar-refractivity contribution in [1.82, 2.24) is 19.7 Å². The second kappa shape index (κ2) is 9.16. The Morgan fingerprint density at radius 3 is 2.57 bits per heavy atom. The van der Waals surface area contributed by atoms with Crippen LogP contribution >= 0.6 is 0 Å². The molecule has 2 aromatic heterocycles. The lowest BCUT2D eigenvalue weighted by Crippen LogP contribution is -2.39. The van der Waals surface area contributed by atoms with Crippen molar-refractivity contribution in [2.24, 2.45) is 7.05 Å². The quantitative estimate of drug-likeness (QED) is 0.369. The van der Waals surface area contributed by atoms with Crippen LogP contribution in [0.3, 0.4) is 0 Å². The molecule has 0 aliphatic carbocycles. The zero-order valence-electron chi connectivity index (χ0n) is 20.0. The van der Waals surface area contributed by atoms with E-state index in [1.807, 2.05) is 30.1 Å². The van der Waals surface area contributed by atoms with Crippen LogP contribution in [-0.4, -0.2) is 51.0 Å². The van der Waals surface area contributed by atoms with Gasteiger partial charge < -0.3 is 14.9 Å². The molecule has 12 heteroatoms. The van der Waals surface area contributed by atoms with Crippen molar-refractivity contribution in [3.05, 3.63) is 59.8 Å². The number of nitrogens with zero attached hydrogens (tertiary/aromatic N) is 6. The summed E-state index contributed by atoms with van der Waals surface area (Å²) < 4.78 is 69.8. The highest BCUT2D eigenvalue weighted by Crippen LogP contribution is 2.41. The molecule has 5 rings (SSSR count). The Labute approximate surface area is 208 Å². The monoisotopic (exact) mass is 518 g/mol. The average molecular weight is 518 g/mol. The lowest BCUT2D eigenvalue weighted by Gasteiger charge is -2.30. The normalized spacial score (nSPS) is 16.1. The first-order chi connectivity index (χ1) is 17.6. The Bertz CT molecular complexity index is 1460. The van der Waals surface area contributed by atoms with Crippen LogP contribution in [0.25, 0.3) is 22.3 Å². The summed E-state index contributed by atoms with van der Waals surface area (Å²) in [5, 5.41) is 14.0. The van der Waals surface area contributed by atoms with Gasteiger partial charge in [0.15, 0.2) is 23.0 Å². The summed E-state index contributed by atoms with van der Waals surface area (Å²) in [6.45, 7) is 1.56. The van der Waals surface area contributed by atoms with E-state index < -0.39 is 34.7 Å². The average Bonchev–Trinajstić information content (AvgIpc) is 3.46. The molecule has 0 bridgehead atoms. The number of phenolic OH excluding ortho intramolecular Hbond substituents is 1. The SMILES string of the molecule is CN(C[C@@H]1CCCN1c1ccccc1)c1ncc2c(-c3cc(C(F)(F)F)c(F)c(O)c3F)nn(C)c2n1. The van der Waals surface area contributed by atoms with Crippen LogP contribution in [0.15, 0.2) is 42.6 Å². The van der Waals surface area contributed by atoms with Crippen LogP contribution in [0, 0.1) is 11.6 Å². The highest BCUT2D eigenvalue weighted by molar-refractivity contribution is 5.91. The molecule has 0 radical (unpaired) electrons. The number of hydrogen-bond donors (Lipinski definition) is 1. The highest BCUT2D eigenvalue weighted by Gasteiger charge is 2.38. The minimum atomic E-state index is -5.14. The van der Waals surface area contributed by atoms with Gasteiger partial charge in [0.2, 0.25) is 5.95 Å². The Hall–Kier alpha value is -3.96. The minimum absolute atomic E-state index is 0.157. The van der Waals surface area contributed by atoms with Crippen molar-refractivity contribution >= 4 is 22.7 Å². The molecule has 1 aliphatic rings. The van der Waals surface area contributed by atoms with E-state index in [2.05, 4.69) is 32.1 Å². The number of aromatic nitrogens is 4. The van der Waals surface area contributed by atoms with Crippen molar-refractivity contribution in [2.75, 3.05) is 29.9 Å². The summed E-state index contributed by atoms with van der Waals surface area (Å²) >= 11 is 0. The number of halogens is 5. The number of phenols is 1. The zero-order chi connectivity index (χ0) is 26.5. The first-order valence-electron chi connectivity index (χ1n) is 11.6. The zero-order valence-corrected chi connectivity index (χ0v) is 20.0. The standard InChI is InChI=1S/C25H23F5N6O/c1-34(13-15-9-6-10-36(15)14-7-4-3-5-8-14)24-31-12-17-21(33-35(2)23(17)32-24)16-11-18(25(28,29)30)20(27)22(37)19(16)26/h3-5,7-8,11-12,15,37H,6,9-10,13H2,1-2H3/t15-/m0/s1. The highest BCUT2D eigenvalue weighted by atomic mass is 19.4. The second-order valence-electron chi connectivity index (χ2n) is 9.03. The molecule has 3 heterocycles. The number of fused-ring (bicyclic) bond motifs is 1. The number of likely N-dealkylation sites (N-methyl/N-ethyl adjacent to an activating group) is 1. The predicted molar refractivity (Wildman–Crippen MR) is 128 cm³/mol. The molecule has 2 aromatic carbocycles. The summed E-state index contributed by atoms with van der Waals surface area (Å²) in [7, 11) is 3.34. The lowest BCUT2D eigenvalue weighted by atomic mass is 10.0. The third-order valence-electron chi connectivity index (χ3n) is 6.60. The van der Waals surface area contributed by atoms with Crippen LogP contribution in [0.4, 0.5) is 33.6 Å². The largest absolute Gasteiger partial charge is 0.503 e. The molecule has 0 amide bonds. The number of rotatable bonds is 5. The van der Waals surface area contributed by atoms with Crippen molar-refractivity contribution in [1.29, 1.82) is 0 Å². The van der Waals surface area contributed by atoms with Crippen LogP contribution in [0.1, 0.15) is 18.4 Å². The molecule has 1 aliphatic heterocycles. The maximum absolute atomic E-state index is 14.7. The van der Waals surface area contributed by atoms with Gasteiger partial charge in [-0.25, -0.2) is 18.4 Å². The molecule has 0 spiro atoms. The molecule has 1 fully saturated rings. The van der Waals surface area contributed by atoms with Gasteiger partial charge in [-0.05, 0) is 31.0 Å². The van der Waals surface area contributed by atoms with Gasteiger partial charge in [-0.15, -0.1) is 0 Å². The Morgan fingerprint density at radius 2 is 1.86 bits per heavy atom. The van der Waals surface area contributed by atoms with Crippen molar-refractivity contribution < 1.29 is 27.1 Å². The first kappa shape index (κ1) is 24.7. The molecule has 1 atom stereocenters. The minimum Gasteiger partial charge on any atom is -0.503 e. The van der Waals surface area contributed by atoms with Gasteiger partial charge >= 0.3 is 6.18 Å². The Morgan fingerprint density at radius 1 is 1.14 bits per heavy atom. The molecule has 0 saturated carbocycles. The summed E-state index contributed by atoms with van der Waals surface area (Å²) in [5.41, 5.74) is -1.36. The molecular weight excluding hydrogens is 495 g/mol. The smallest absolute Gasteiger partial charge is 0.419 e. The van der Waals surface area contributed by atoms with Gasteiger partial charge in [0, 0.05) is 50.7 Å². The Kier molecular flexibility index (Phi) is 6.12. The Balaban J connectivity index is 1.48. The topological polar surface area (TPSA) is 70.3 Å². The number of aryl methyl sites for hydroxylation is 1. The van der Waals surface area contributed by atoms with E-state index in [1.54, 1.807) is 0 Å². The van der Waals surface area contributed by atoms with Crippen molar-refractivity contribution in [2.45, 2.75) is 25.1 Å². The number of alkyl halides is 3. The van der Waals surface area contributed by atoms with Crippen LogP contribution in [0.2, 0.25) is 0 Å². The third kappa shape index (κ3) is 4.40. The van der Waals surface area contributed by atoms with E-state index in [0.29, 0.717) is 18.6 Å². The van der Waals surface area contributed by atoms with Gasteiger partial charge in [-0.2, -0.15) is 23.3 Å².